The molecule has 9 heteroatoms. The van der Waals surface area contributed by atoms with Crippen LogP contribution in [0.2, 0.25) is 0 Å². The number of hydrogen-bond donors (Lipinski definition) is 2. The predicted molar refractivity (Wildman–Crippen MR) is 128 cm³/mol. The van der Waals surface area contributed by atoms with E-state index in [1.54, 1.807) is 16.5 Å². The molecule has 3 aromatic rings. The van der Waals surface area contributed by atoms with Gasteiger partial charge in [-0.25, -0.2) is 13.8 Å². The van der Waals surface area contributed by atoms with Crippen molar-refractivity contribution in [2.75, 3.05) is 26.3 Å². The summed E-state index contributed by atoms with van der Waals surface area (Å²) in [4.78, 5) is 21.4. The molecule has 2 N–H and O–H groups in total. The first kappa shape index (κ1) is 24.3. The van der Waals surface area contributed by atoms with Crippen molar-refractivity contribution in [3.8, 4) is 17.1 Å². The lowest BCUT2D eigenvalue weighted by Gasteiger charge is -2.19. The van der Waals surface area contributed by atoms with E-state index in [0.717, 1.165) is 48.5 Å². The van der Waals surface area contributed by atoms with Gasteiger partial charge >= 0.3 is 0 Å². The minimum absolute atomic E-state index is 0.0949. The Morgan fingerprint density at radius 2 is 2.06 bits per heavy atom. The molecule has 0 amide bonds. The molecule has 0 saturated carbocycles. The molecule has 0 atom stereocenters. The Morgan fingerprint density at radius 1 is 1.25 bits per heavy atom. The highest BCUT2D eigenvalue weighted by molar-refractivity contribution is 7.97. The van der Waals surface area contributed by atoms with E-state index in [9.17, 15) is 9.90 Å². The number of aromatic nitrogens is 4. The number of aromatic amines is 1. The number of H-pyrrole nitrogens is 1. The third-order valence-electron chi connectivity index (χ3n) is 5.11. The molecule has 0 aliphatic heterocycles. The second-order valence-corrected chi connectivity index (χ2v) is 8.79. The molecule has 3 rings (SSSR count). The maximum absolute atomic E-state index is 12.9. The van der Waals surface area contributed by atoms with Crippen molar-refractivity contribution in [2.45, 2.75) is 58.3 Å². The molecule has 2 aromatic heterocycles. The van der Waals surface area contributed by atoms with Crippen LogP contribution in [0.3, 0.4) is 0 Å². The number of rotatable bonds is 12. The number of aliphatic hydroxyl groups is 1. The Labute approximate surface area is 193 Å². The molecular weight excluding hydrogens is 426 g/mol. The third kappa shape index (κ3) is 5.51. The van der Waals surface area contributed by atoms with Crippen LogP contribution < -0.4 is 10.3 Å². The number of benzene rings is 1. The Morgan fingerprint density at radius 3 is 2.75 bits per heavy atom. The van der Waals surface area contributed by atoms with E-state index in [-0.39, 0.29) is 12.2 Å². The zero-order valence-electron chi connectivity index (χ0n) is 19.3. The molecule has 0 radical (unpaired) electrons. The Kier molecular flexibility index (Phi) is 8.72. The Balaban J connectivity index is 2.10. The maximum atomic E-state index is 12.9. The van der Waals surface area contributed by atoms with Crippen LogP contribution in [0.15, 0.2) is 27.9 Å². The fraction of sp³-hybridized carbons (Fsp3) is 0.522. The molecule has 0 spiro atoms. The predicted octanol–water partition coefficient (Wildman–Crippen LogP) is 3.85. The highest BCUT2D eigenvalue weighted by Gasteiger charge is 2.18. The van der Waals surface area contributed by atoms with Crippen molar-refractivity contribution in [3.05, 3.63) is 40.1 Å². The van der Waals surface area contributed by atoms with Crippen molar-refractivity contribution in [2.24, 2.45) is 0 Å². The van der Waals surface area contributed by atoms with E-state index in [1.165, 1.54) is 0 Å². The number of imidazole rings is 1. The lowest BCUT2D eigenvalue weighted by atomic mass is 10.2. The smallest absolute Gasteiger partial charge is 0.277 e. The van der Waals surface area contributed by atoms with Crippen LogP contribution in [0.25, 0.3) is 16.9 Å². The summed E-state index contributed by atoms with van der Waals surface area (Å²) in [5, 5.41) is 14.1. The first-order valence-corrected chi connectivity index (χ1v) is 12.1. The maximum Gasteiger partial charge on any atom is 0.277 e. The Bertz CT molecular complexity index is 1100. The molecule has 0 bridgehead atoms. The summed E-state index contributed by atoms with van der Waals surface area (Å²) in [6.45, 7) is 10.1. The van der Waals surface area contributed by atoms with E-state index in [4.69, 9.17) is 9.84 Å². The summed E-state index contributed by atoms with van der Waals surface area (Å²) < 4.78 is 9.80. The van der Waals surface area contributed by atoms with Gasteiger partial charge in [0.05, 0.1) is 24.5 Å². The summed E-state index contributed by atoms with van der Waals surface area (Å²) in [6, 6.07) is 5.91. The van der Waals surface area contributed by atoms with E-state index in [1.807, 2.05) is 25.1 Å². The number of fused-ring (bicyclic) bond motifs is 1. The van der Waals surface area contributed by atoms with Crippen molar-refractivity contribution >= 4 is 17.5 Å². The number of ether oxygens (including phenoxy) is 1. The second-order valence-electron chi connectivity index (χ2n) is 7.62. The quantitative estimate of drug-likeness (QED) is 0.314. The minimum atomic E-state index is -0.213. The summed E-state index contributed by atoms with van der Waals surface area (Å²) in [5.74, 6) is 1.92. The van der Waals surface area contributed by atoms with Crippen LogP contribution in [0.5, 0.6) is 5.75 Å². The van der Waals surface area contributed by atoms with Gasteiger partial charge in [-0.15, -0.1) is 5.10 Å². The molecule has 174 valence electrons. The number of aliphatic hydroxyl groups excluding tert-OH is 1. The van der Waals surface area contributed by atoms with Crippen molar-refractivity contribution in [1.82, 2.24) is 23.9 Å². The van der Waals surface area contributed by atoms with Gasteiger partial charge in [-0.3, -0.25) is 4.79 Å². The molecular formula is C23H33N5O3S. The SMILES string of the molecule is CCCCOc1ccc(SN(CC)CCO)cc1-c1nn2c(CCC)nc(C)c2c(=O)[nH]1. The van der Waals surface area contributed by atoms with Gasteiger partial charge in [0.1, 0.15) is 11.6 Å². The van der Waals surface area contributed by atoms with Crippen LogP contribution in [0.4, 0.5) is 0 Å². The van der Waals surface area contributed by atoms with Crippen LogP contribution >= 0.6 is 11.9 Å². The number of nitrogens with one attached hydrogen (secondary N) is 1. The van der Waals surface area contributed by atoms with Crippen molar-refractivity contribution < 1.29 is 9.84 Å². The van der Waals surface area contributed by atoms with Gasteiger partial charge in [0.2, 0.25) is 0 Å². The zero-order valence-corrected chi connectivity index (χ0v) is 20.2. The Hall–Kier alpha value is -2.36. The van der Waals surface area contributed by atoms with E-state index >= 15 is 0 Å². The number of nitrogens with zero attached hydrogens (tertiary/aromatic N) is 4. The normalized spacial score (nSPS) is 11.6. The van der Waals surface area contributed by atoms with Crippen molar-refractivity contribution in [1.29, 1.82) is 0 Å². The van der Waals surface area contributed by atoms with Gasteiger partial charge in [0.25, 0.3) is 5.56 Å². The summed E-state index contributed by atoms with van der Waals surface area (Å²) in [7, 11) is 0. The minimum Gasteiger partial charge on any atom is -0.493 e. The topological polar surface area (TPSA) is 95.8 Å². The lowest BCUT2D eigenvalue weighted by molar-refractivity contribution is 0.264. The lowest BCUT2D eigenvalue weighted by Crippen LogP contribution is -2.19. The van der Waals surface area contributed by atoms with Gasteiger partial charge in [-0.2, -0.15) is 0 Å². The summed E-state index contributed by atoms with van der Waals surface area (Å²) in [5.41, 5.74) is 1.69. The summed E-state index contributed by atoms with van der Waals surface area (Å²) in [6.07, 6.45) is 3.64. The summed E-state index contributed by atoms with van der Waals surface area (Å²) >= 11 is 1.56. The number of hydrogen-bond acceptors (Lipinski definition) is 7. The molecule has 2 heterocycles. The first-order valence-electron chi connectivity index (χ1n) is 11.3. The van der Waals surface area contributed by atoms with Gasteiger partial charge in [0, 0.05) is 24.4 Å². The van der Waals surface area contributed by atoms with Crippen LogP contribution in [0, 0.1) is 6.92 Å². The number of aryl methyl sites for hydroxylation is 2. The third-order valence-corrected chi connectivity index (χ3v) is 6.28. The fourth-order valence-corrected chi connectivity index (χ4v) is 4.37. The molecule has 0 saturated heterocycles. The molecule has 0 unspecified atom stereocenters. The molecule has 8 nitrogen and oxygen atoms in total. The van der Waals surface area contributed by atoms with E-state index < -0.39 is 0 Å². The molecule has 32 heavy (non-hydrogen) atoms. The molecule has 0 aliphatic carbocycles. The molecule has 1 aromatic carbocycles. The van der Waals surface area contributed by atoms with Gasteiger partial charge in [-0.1, -0.05) is 27.2 Å². The van der Waals surface area contributed by atoms with Crippen molar-refractivity contribution in [3.63, 3.8) is 0 Å². The van der Waals surface area contributed by atoms with Gasteiger partial charge in [-0.05, 0) is 49.9 Å². The number of likely N-dealkylation sites (N-methyl/N-ethyl adjacent to an activating group) is 1. The van der Waals surface area contributed by atoms with Gasteiger partial charge < -0.3 is 14.8 Å². The molecule has 0 aliphatic rings. The highest BCUT2D eigenvalue weighted by Crippen LogP contribution is 2.33. The average molecular weight is 460 g/mol. The zero-order chi connectivity index (χ0) is 23.1. The standard InChI is InChI=1S/C23H33N5O3S/c1-5-8-14-31-19-11-10-17(32-27(7-3)12-13-29)15-18(19)22-25-23(30)21-16(4)24-20(9-6-2)28(21)26-22/h10-11,15,29H,5-9,12-14H2,1-4H3,(H,25,26,30). The average Bonchev–Trinajstić information content (AvgIpc) is 3.10. The largest absolute Gasteiger partial charge is 0.493 e. The second kappa shape index (κ2) is 11.5. The van der Waals surface area contributed by atoms with Crippen LogP contribution in [-0.2, 0) is 6.42 Å². The molecule has 0 fully saturated rings. The monoisotopic (exact) mass is 459 g/mol. The van der Waals surface area contributed by atoms with E-state index in [2.05, 4.69) is 35.0 Å². The van der Waals surface area contributed by atoms with Gasteiger partial charge in [0.15, 0.2) is 11.3 Å². The van der Waals surface area contributed by atoms with Crippen LogP contribution in [0.1, 0.15) is 51.6 Å². The highest BCUT2D eigenvalue weighted by atomic mass is 32.2. The first-order chi connectivity index (χ1) is 15.5. The fourth-order valence-electron chi connectivity index (χ4n) is 3.47. The van der Waals surface area contributed by atoms with E-state index in [0.29, 0.717) is 35.9 Å². The van der Waals surface area contributed by atoms with Crippen LogP contribution in [-0.4, -0.2) is 55.3 Å². The number of unbranched alkanes of at least 4 members (excludes halogenated alkanes) is 1.